The number of sulfone groups is 1. The molecule has 2 rings (SSSR count). The van der Waals surface area contributed by atoms with Crippen LogP contribution in [0.5, 0.6) is 5.75 Å². The van der Waals surface area contributed by atoms with Crippen molar-refractivity contribution in [3.8, 4) is 5.75 Å². The average molecular weight is 312 g/mol. The summed E-state index contributed by atoms with van der Waals surface area (Å²) < 4.78 is 28.3. The van der Waals surface area contributed by atoms with E-state index in [1.165, 1.54) is 0 Å². The highest BCUT2D eigenvalue weighted by atomic mass is 32.2. The first-order chi connectivity index (χ1) is 9.89. The fourth-order valence-corrected chi connectivity index (χ4v) is 4.30. The number of nitrogens with zero attached hydrogens (tertiary/aromatic N) is 1. The van der Waals surface area contributed by atoms with Crippen LogP contribution in [0.25, 0.3) is 0 Å². The minimum atomic E-state index is -2.99. The van der Waals surface area contributed by atoms with Gasteiger partial charge in [0.25, 0.3) is 0 Å². The van der Waals surface area contributed by atoms with Crippen LogP contribution in [-0.4, -0.2) is 50.4 Å². The van der Waals surface area contributed by atoms with E-state index < -0.39 is 15.7 Å². The standard InChI is InChI=1S/C14H20N2O4S/c1-20-13-4-2-11(3-5-13)8-16(9-14(15)17)12-6-7-21(18,19)10-12/h2-5,12H,6-10H2,1H3,(H2,15,17)/t12-/m1/s1. The summed E-state index contributed by atoms with van der Waals surface area (Å²) in [6.45, 7) is 0.555. The molecule has 7 heteroatoms. The Kier molecular flexibility index (Phi) is 4.84. The summed E-state index contributed by atoms with van der Waals surface area (Å²) >= 11 is 0. The van der Waals surface area contributed by atoms with Gasteiger partial charge in [0.2, 0.25) is 5.91 Å². The number of carbonyl (C=O) groups is 1. The van der Waals surface area contributed by atoms with Crippen molar-refractivity contribution < 1.29 is 17.9 Å². The van der Waals surface area contributed by atoms with Gasteiger partial charge >= 0.3 is 0 Å². The highest BCUT2D eigenvalue weighted by Gasteiger charge is 2.32. The monoisotopic (exact) mass is 312 g/mol. The van der Waals surface area contributed by atoms with E-state index in [0.29, 0.717) is 13.0 Å². The number of benzene rings is 1. The molecular weight excluding hydrogens is 292 g/mol. The van der Waals surface area contributed by atoms with Gasteiger partial charge < -0.3 is 10.5 Å². The molecule has 0 aromatic heterocycles. The van der Waals surface area contributed by atoms with Crippen LogP contribution < -0.4 is 10.5 Å². The maximum atomic E-state index is 11.6. The maximum absolute atomic E-state index is 11.6. The molecule has 1 aliphatic rings. The minimum Gasteiger partial charge on any atom is -0.497 e. The first-order valence-corrected chi connectivity index (χ1v) is 8.57. The predicted molar refractivity (Wildman–Crippen MR) is 79.7 cm³/mol. The molecule has 1 aliphatic heterocycles. The van der Waals surface area contributed by atoms with Crippen LogP contribution in [0.3, 0.4) is 0 Å². The largest absolute Gasteiger partial charge is 0.497 e. The zero-order valence-electron chi connectivity index (χ0n) is 12.0. The van der Waals surface area contributed by atoms with E-state index in [1.807, 2.05) is 29.2 Å². The molecule has 1 amide bonds. The lowest BCUT2D eigenvalue weighted by Crippen LogP contribution is -2.41. The minimum absolute atomic E-state index is 0.0617. The van der Waals surface area contributed by atoms with Crippen molar-refractivity contribution in [2.75, 3.05) is 25.2 Å². The molecule has 1 aromatic rings. The van der Waals surface area contributed by atoms with Crippen LogP contribution in [0.2, 0.25) is 0 Å². The fraction of sp³-hybridized carbons (Fsp3) is 0.500. The molecule has 1 saturated heterocycles. The molecule has 1 aromatic carbocycles. The Balaban J connectivity index is 2.10. The van der Waals surface area contributed by atoms with Crippen molar-refractivity contribution in [1.82, 2.24) is 4.90 Å². The summed E-state index contributed by atoms with van der Waals surface area (Å²) in [4.78, 5) is 13.1. The van der Waals surface area contributed by atoms with Crippen molar-refractivity contribution in [3.63, 3.8) is 0 Å². The van der Waals surface area contributed by atoms with Crippen LogP contribution in [0.4, 0.5) is 0 Å². The van der Waals surface area contributed by atoms with Gasteiger partial charge in [0.1, 0.15) is 5.75 Å². The number of primary amides is 1. The van der Waals surface area contributed by atoms with E-state index >= 15 is 0 Å². The number of nitrogens with two attached hydrogens (primary N) is 1. The topological polar surface area (TPSA) is 89.7 Å². The van der Waals surface area contributed by atoms with Crippen LogP contribution in [0, 0.1) is 0 Å². The second-order valence-electron chi connectivity index (χ2n) is 5.28. The SMILES string of the molecule is COc1ccc(CN(CC(N)=O)[C@@H]2CCS(=O)(=O)C2)cc1. The van der Waals surface area contributed by atoms with Gasteiger partial charge in [0.15, 0.2) is 9.84 Å². The Bertz CT molecular complexity index is 598. The molecule has 21 heavy (non-hydrogen) atoms. The third kappa shape index (κ3) is 4.44. The Morgan fingerprint density at radius 2 is 2.05 bits per heavy atom. The Hall–Kier alpha value is -1.60. The highest BCUT2D eigenvalue weighted by molar-refractivity contribution is 7.91. The van der Waals surface area contributed by atoms with E-state index in [9.17, 15) is 13.2 Å². The van der Waals surface area contributed by atoms with Crippen molar-refractivity contribution in [1.29, 1.82) is 0 Å². The zero-order chi connectivity index (χ0) is 15.5. The summed E-state index contributed by atoms with van der Waals surface area (Å²) in [5.74, 6) is 0.572. The lowest BCUT2D eigenvalue weighted by atomic mass is 10.1. The molecule has 0 bridgehead atoms. The average Bonchev–Trinajstić information content (AvgIpc) is 2.79. The van der Waals surface area contributed by atoms with Gasteiger partial charge in [-0.1, -0.05) is 12.1 Å². The van der Waals surface area contributed by atoms with Gasteiger partial charge in [-0.25, -0.2) is 8.42 Å². The number of methoxy groups -OCH3 is 1. The normalized spacial score (nSPS) is 20.6. The lowest BCUT2D eigenvalue weighted by molar-refractivity contribution is -0.119. The number of amides is 1. The molecular formula is C14H20N2O4S. The van der Waals surface area contributed by atoms with Crippen LogP contribution >= 0.6 is 0 Å². The van der Waals surface area contributed by atoms with E-state index in [0.717, 1.165) is 11.3 Å². The second kappa shape index (κ2) is 6.44. The molecule has 0 radical (unpaired) electrons. The Labute approximate surface area is 124 Å². The van der Waals surface area contributed by atoms with Crippen LogP contribution in [0.15, 0.2) is 24.3 Å². The third-order valence-electron chi connectivity index (χ3n) is 3.63. The first-order valence-electron chi connectivity index (χ1n) is 6.75. The molecule has 1 atom stereocenters. The van der Waals surface area contributed by atoms with Crippen molar-refractivity contribution in [2.45, 2.75) is 19.0 Å². The summed E-state index contributed by atoms with van der Waals surface area (Å²) in [6.07, 6.45) is 0.547. The van der Waals surface area contributed by atoms with Gasteiger partial charge in [0.05, 0.1) is 25.2 Å². The van der Waals surface area contributed by atoms with Crippen molar-refractivity contribution in [2.24, 2.45) is 5.73 Å². The third-order valence-corrected chi connectivity index (χ3v) is 5.38. The maximum Gasteiger partial charge on any atom is 0.231 e. The molecule has 0 unspecified atom stereocenters. The van der Waals surface area contributed by atoms with Gasteiger partial charge in [-0.2, -0.15) is 0 Å². The smallest absolute Gasteiger partial charge is 0.231 e. The van der Waals surface area contributed by atoms with Gasteiger partial charge in [-0.3, -0.25) is 9.69 Å². The summed E-state index contributed by atoms with van der Waals surface area (Å²) in [5.41, 5.74) is 6.27. The molecule has 1 fully saturated rings. The van der Waals surface area contributed by atoms with Gasteiger partial charge in [0, 0.05) is 12.6 Å². The van der Waals surface area contributed by atoms with E-state index in [-0.39, 0.29) is 24.1 Å². The van der Waals surface area contributed by atoms with E-state index in [4.69, 9.17) is 10.5 Å². The first kappa shape index (κ1) is 15.8. The molecule has 2 N–H and O–H groups in total. The summed E-state index contributed by atoms with van der Waals surface area (Å²) in [6, 6.07) is 7.32. The fourth-order valence-electron chi connectivity index (χ4n) is 2.54. The Morgan fingerprint density at radius 1 is 1.38 bits per heavy atom. The van der Waals surface area contributed by atoms with E-state index in [1.54, 1.807) is 7.11 Å². The molecule has 6 nitrogen and oxygen atoms in total. The quantitative estimate of drug-likeness (QED) is 0.809. The number of hydrogen-bond acceptors (Lipinski definition) is 5. The van der Waals surface area contributed by atoms with Crippen LogP contribution in [-0.2, 0) is 21.2 Å². The van der Waals surface area contributed by atoms with Crippen LogP contribution in [0.1, 0.15) is 12.0 Å². The molecule has 0 aliphatic carbocycles. The summed E-state index contributed by atoms with van der Waals surface area (Å²) in [5, 5.41) is 0. The van der Waals surface area contributed by atoms with Crippen molar-refractivity contribution >= 4 is 15.7 Å². The van der Waals surface area contributed by atoms with Gasteiger partial charge in [-0.05, 0) is 24.1 Å². The highest BCUT2D eigenvalue weighted by Crippen LogP contribution is 2.20. The number of rotatable bonds is 6. The van der Waals surface area contributed by atoms with Crippen molar-refractivity contribution in [3.05, 3.63) is 29.8 Å². The zero-order valence-corrected chi connectivity index (χ0v) is 12.8. The number of ether oxygens (including phenoxy) is 1. The molecule has 1 heterocycles. The number of carbonyl (C=O) groups excluding carboxylic acids is 1. The lowest BCUT2D eigenvalue weighted by Gasteiger charge is -2.26. The molecule has 0 spiro atoms. The van der Waals surface area contributed by atoms with Gasteiger partial charge in [-0.15, -0.1) is 0 Å². The summed E-state index contributed by atoms with van der Waals surface area (Å²) in [7, 11) is -1.40. The predicted octanol–water partition coefficient (Wildman–Crippen LogP) is 0.170. The Morgan fingerprint density at radius 3 is 2.52 bits per heavy atom. The number of hydrogen-bond donors (Lipinski definition) is 1. The van der Waals surface area contributed by atoms with E-state index in [2.05, 4.69) is 0 Å². The molecule has 0 saturated carbocycles. The second-order valence-corrected chi connectivity index (χ2v) is 7.50. The molecule has 116 valence electrons.